The molecule has 0 spiro atoms. The molecule has 0 atom stereocenters. The monoisotopic (exact) mass is 388 g/mol. The van der Waals surface area contributed by atoms with Crippen LogP contribution in [0.25, 0.3) is 0 Å². The van der Waals surface area contributed by atoms with Crippen LogP contribution in [0.4, 0.5) is 0 Å². The van der Waals surface area contributed by atoms with Crippen LogP contribution in [0.3, 0.4) is 0 Å². The first-order chi connectivity index (χ1) is 12.0. The van der Waals surface area contributed by atoms with Gasteiger partial charge in [-0.1, -0.05) is 61.8 Å². The second-order valence-electron chi connectivity index (χ2n) is 7.24. The summed E-state index contributed by atoms with van der Waals surface area (Å²) < 4.78 is 0. The maximum atomic E-state index is 4.28. The van der Waals surface area contributed by atoms with Crippen LogP contribution in [-0.2, 0) is 0 Å². The van der Waals surface area contributed by atoms with Gasteiger partial charge in [-0.2, -0.15) is 0 Å². The molecule has 27 heavy (non-hydrogen) atoms. The third kappa shape index (κ3) is 21.4. The number of hydrogen-bond acceptors (Lipinski definition) is 2. The fourth-order valence-electron chi connectivity index (χ4n) is 2.77. The highest BCUT2D eigenvalue weighted by Gasteiger charge is 2.14. The smallest absolute Gasteiger partial charge is 0.195 e. The number of hydrogen-bond donors (Lipinski definition) is 0. The van der Waals surface area contributed by atoms with Gasteiger partial charge in [-0.15, -0.1) is 0 Å². The van der Waals surface area contributed by atoms with Crippen molar-refractivity contribution in [2.75, 3.05) is 54.4 Å². The van der Waals surface area contributed by atoms with E-state index < -0.39 is 0 Å². The molecule has 2 fully saturated rings. The molecule has 0 unspecified atom stereocenters. The number of rotatable bonds is 0. The Morgan fingerprint density at radius 1 is 0.741 bits per heavy atom. The summed E-state index contributed by atoms with van der Waals surface area (Å²) in [6.45, 7) is 13.5. The van der Waals surface area contributed by atoms with Gasteiger partial charge >= 0.3 is 0 Å². The van der Waals surface area contributed by atoms with Crippen LogP contribution in [0.2, 0.25) is 0 Å². The molecule has 2 rings (SSSR count). The van der Waals surface area contributed by atoms with E-state index in [1.54, 1.807) is 0 Å². The van der Waals surface area contributed by atoms with Crippen molar-refractivity contribution in [3.05, 3.63) is 0 Å². The van der Waals surface area contributed by atoms with E-state index in [4.69, 9.17) is 0 Å². The van der Waals surface area contributed by atoms with Crippen molar-refractivity contribution in [3.8, 4) is 0 Å². The third-order valence-corrected chi connectivity index (χ3v) is 3.82. The molecule has 0 saturated carbocycles. The lowest BCUT2D eigenvalue weighted by Gasteiger charge is -2.32. The molecule has 0 aromatic heterocycles. The van der Waals surface area contributed by atoms with Crippen LogP contribution >= 0.6 is 0 Å². The lowest BCUT2D eigenvalue weighted by atomic mass is 10.1. The number of piperidine rings is 2. The van der Waals surface area contributed by atoms with Gasteiger partial charge < -0.3 is 14.7 Å². The van der Waals surface area contributed by atoms with Crippen molar-refractivity contribution in [2.24, 2.45) is 4.99 Å². The van der Waals surface area contributed by atoms with Crippen molar-refractivity contribution in [1.29, 1.82) is 0 Å². The Morgan fingerprint density at radius 2 is 1.07 bits per heavy atom. The summed E-state index contributed by atoms with van der Waals surface area (Å²) in [5, 5.41) is 0. The summed E-state index contributed by atoms with van der Waals surface area (Å²) in [7, 11) is 8.16. The maximum absolute atomic E-state index is 4.28. The molecule has 0 N–H and O–H groups in total. The first kappa shape index (κ1) is 33.8. The zero-order chi connectivity index (χ0) is 19.5. The van der Waals surface area contributed by atoms with E-state index in [2.05, 4.69) is 68.5 Å². The van der Waals surface area contributed by atoms with Gasteiger partial charge in [0.1, 0.15) is 0 Å². The first-order valence-electron chi connectivity index (χ1n) is 10.6. The average Bonchev–Trinajstić information content (AvgIpc) is 2.59. The molecular weight excluding hydrogens is 332 g/mol. The third-order valence-electron chi connectivity index (χ3n) is 3.82. The number of nitrogens with zero attached hydrogens (tertiary/aromatic N) is 4. The molecule has 0 bridgehead atoms. The minimum absolute atomic E-state index is 0. The number of guanidine groups is 1. The standard InChI is InChI=1S/C9H19N3.C6H13N.2C3H8.2CH4/c1-10-9(11(2)3)12-7-5-4-6-8-12;1-7-5-3-2-4-6-7;2*1-3-2;;/h4-8H2,1-3H3;2-6H2,1H3;2*3H2,1-2H3;2*1H4. The molecule has 2 aliphatic heterocycles. The lowest BCUT2D eigenvalue weighted by Crippen LogP contribution is -2.43. The summed E-state index contributed by atoms with van der Waals surface area (Å²) in [5.41, 5.74) is 0. The van der Waals surface area contributed by atoms with E-state index in [9.17, 15) is 0 Å². The normalized spacial score (nSPS) is 16.6. The largest absolute Gasteiger partial charge is 0.349 e. The molecular formula is C23H56N4. The molecule has 0 amide bonds. The molecule has 4 nitrogen and oxygen atoms in total. The van der Waals surface area contributed by atoms with E-state index in [-0.39, 0.29) is 14.9 Å². The molecule has 2 aliphatic rings. The van der Waals surface area contributed by atoms with E-state index in [1.165, 1.54) is 77.5 Å². The fourth-order valence-corrected chi connectivity index (χ4v) is 2.77. The molecule has 168 valence electrons. The van der Waals surface area contributed by atoms with Crippen molar-refractivity contribution >= 4 is 5.96 Å². The van der Waals surface area contributed by atoms with Crippen LogP contribution in [0, 0.1) is 0 Å². The summed E-state index contributed by atoms with van der Waals surface area (Å²) in [6.07, 6.45) is 10.8. The predicted octanol–water partition coefficient (Wildman–Crippen LogP) is 6.23. The van der Waals surface area contributed by atoms with Gasteiger partial charge in [-0.3, -0.25) is 4.99 Å². The van der Waals surface area contributed by atoms with Crippen LogP contribution in [-0.4, -0.2) is 75.0 Å². The van der Waals surface area contributed by atoms with Gasteiger partial charge in [0.2, 0.25) is 0 Å². The van der Waals surface area contributed by atoms with Crippen LogP contribution in [0.1, 0.15) is 93.9 Å². The Hall–Kier alpha value is -0.770. The Bertz CT molecular complexity index is 276. The van der Waals surface area contributed by atoms with Crippen molar-refractivity contribution in [3.63, 3.8) is 0 Å². The predicted molar refractivity (Wildman–Crippen MR) is 129 cm³/mol. The number of likely N-dealkylation sites (tertiary alicyclic amines) is 2. The molecule has 0 aromatic rings. The second kappa shape index (κ2) is 25.2. The molecule has 4 heteroatoms. The SMILES string of the molecule is C.C.CCC.CCC.CN1CCCCC1.CN=C(N(C)C)N1CCCCC1. The summed E-state index contributed by atoms with van der Waals surface area (Å²) in [4.78, 5) is 11.1. The Labute approximate surface area is 174 Å². The molecule has 0 aromatic carbocycles. The maximum Gasteiger partial charge on any atom is 0.195 e. The van der Waals surface area contributed by atoms with Gasteiger partial charge in [0.25, 0.3) is 0 Å². The van der Waals surface area contributed by atoms with Crippen LogP contribution in [0.5, 0.6) is 0 Å². The lowest BCUT2D eigenvalue weighted by molar-refractivity contribution is 0.277. The van der Waals surface area contributed by atoms with Crippen molar-refractivity contribution in [1.82, 2.24) is 14.7 Å². The van der Waals surface area contributed by atoms with Crippen molar-refractivity contribution < 1.29 is 0 Å². The van der Waals surface area contributed by atoms with Gasteiger partial charge in [-0.05, 0) is 52.2 Å². The fraction of sp³-hybridized carbons (Fsp3) is 0.957. The highest BCUT2D eigenvalue weighted by Crippen LogP contribution is 2.09. The van der Waals surface area contributed by atoms with Gasteiger partial charge in [-0.25, -0.2) is 0 Å². The molecule has 2 saturated heterocycles. The quantitative estimate of drug-likeness (QED) is 0.363. The van der Waals surface area contributed by atoms with Gasteiger partial charge in [0.15, 0.2) is 5.96 Å². The zero-order valence-corrected chi connectivity index (χ0v) is 18.8. The van der Waals surface area contributed by atoms with Gasteiger partial charge in [0.05, 0.1) is 0 Å². The Balaban J connectivity index is -0.000000151. The topological polar surface area (TPSA) is 22.1 Å². The molecule has 0 aliphatic carbocycles. The number of aliphatic imine (C=N–C) groups is 1. The summed E-state index contributed by atoms with van der Waals surface area (Å²) >= 11 is 0. The Morgan fingerprint density at radius 3 is 1.30 bits per heavy atom. The second-order valence-corrected chi connectivity index (χ2v) is 7.24. The zero-order valence-electron chi connectivity index (χ0n) is 18.8. The minimum Gasteiger partial charge on any atom is -0.349 e. The summed E-state index contributed by atoms with van der Waals surface area (Å²) in [5.74, 6) is 1.12. The van der Waals surface area contributed by atoms with Gasteiger partial charge in [0, 0.05) is 34.2 Å². The van der Waals surface area contributed by atoms with E-state index in [0.717, 1.165) is 5.96 Å². The van der Waals surface area contributed by atoms with Crippen LogP contribution in [0.15, 0.2) is 4.99 Å². The molecule has 2 heterocycles. The highest BCUT2D eigenvalue weighted by atomic mass is 15.4. The summed E-state index contributed by atoms with van der Waals surface area (Å²) in [6, 6.07) is 0. The van der Waals surface area contributed by atoms with E-state index in [0.29, 0.717) is 0 Å². The Kier molecular flexibility index (Phi) is 31.6. The van der Waals surface area contributed by atoms with Crippen LogP contribution < -0.4 is 0 Å². The molecule has 0 radical (unpaired) electrons. The average molecular weight is 389 g/mol. The van der Waals surface area contributed by atoms with E-state index >= 15 is 0 Å². The van der Waals surface area contributed by atoms with E-state index in [1.807, 2.05) is 7.05 Å². The first-order valence-corrected chi connectivity index (χ1v) is 10.6. The minimum atomic E-state index is 0. The highest BCUT2D eigenvalue weighted by molar-refractivity contribution is 5.79. The van der Waals surface area contributed by atoms with Crippen molar-refractivity contribution in [2.45, 2.75) is 93.9 Å².